The first kappa shape index (κ1) is 29.9. The number of hydrogen-bond donors (Lipinski definition) is 0. The van der Waals surface area contributed by atoms with Gasteiger partial charge in [-0.2, -0.15) is 0 Å². The van der Waals surface area contributed by atoms with Crippen LogP contribution >= 0.6 is 0 Å². The highest BCUT2D eigenvalue weighted by atomic mass is 19.2. The third kappa shape index (κ3) is 7.79. The number of nitrogens with zero attached hydrogens (tertiary/aromatic N) is 4. The summed E-state index contributed by atoms with van der Waals surface area (Å²) >= 11 is 0. The topological polar surface area (TPSA) is 56.3 Å². The zero-order chi connectivity index (χ0) is 29.0. The average molecular weight is 557 g/mol. The van der Waals surface area contributed by atoms with Gasteiger partial charge in [-0.3, -0.25) is 14.6 Å². The summed E-state index contributed by atoms with van der Waals surface area (Å²) in [5, 5.41) is 0. The Morgan fingerprint density at radius 1 is 0.900 bits per heavy atom. The first-order chi connectivity index (χ1) is 18.9. The van der Waals surface area contributed by atoms with Gasteiger partial charge in [-0.15, -0.1) is 0 Å². The lowest BCUT2D eigenvalue weighted by molar-refractivity contribution is -0.123. The number of anilines is 1. The summed E-state index contributed by atoms with van der Waals surface area (Å²) in [4.78, 5) is 33.8. The molecule has 2 aliphatic heterocycles. The molecule has 2 aliphatic rings. The second kappa shape index (κ2) is 12.6. The van der Waals surface area contributed by atoms with Crippen molar-refractivity contribution in [2.45, 2.75) is 65.3 Å². The van der Waals surface area contributed by atoms with Crippen molar-refractivity contribution in [3.05, 3.63) is 65.2 Å². The molecule has 0 spiro atoms. The van der Waals surface area contributed by atoms with Gasteiger partial charge < -0.3 is 14.5 Å². The zero-order valence-electron chi connectivity index (χ0n) is 24.3. The van der Waals surface area contributed by atoms with Crippen LogP contribution < -0.4 is 4.90 Å². The molecule has 2 aromatic rings. The fourth-order valence-corrected chi connectivity index (χ4v) is 5.49. The van der Waals surface area contributed by atoms with Crippen LogP contribution in [0.15, 0.2) is 42.5 Å². The molecule has 7 nitrogen and oxygen atoms in total. The summed E-state index contributed by atoms with van der Waals surface area (Å²) < 4.78 is 32.3. The number of hydrogen-bond acceptors (Lipinski definition) is 5. The third-order valence-corrected chi connectivity index (χ3v) is 7.73. The Kier molecular flexibility index (Phi) is 9.46. The van der Waals surface area contributed by atoms with Crippen molar-refractivity contribution in [1.82, 2.24) is 14.7 Å². The van der Waals surface area contributed by atoms with Crippen LogP contribution in [0.3, 0.4) is 0 Å². The molecule has 4 rings (SSSR count). The van der Waals surface area contributed by atoms with E-state index in [2.05, 4.69) is 21.9 Å². The molecule has 2 amide bonds. The second-order valence-corrected chi connectivity index (χ2v) is 12.1. The maximum atomic E-state index is 13.5. The van der Waals surface area contributed by atoms with Crippen LogP contribution in [-0.4, -0.2) is 78.1 Å². The monoisotopic (exact) mass is 556 g/mol. The van der Waals surface area contributed by atoms with Crippen molar-refractivity contribution in [2.24, 2.45) is 5.92 Å². The molecule has 0 radical (unpaired) electrons. The number of carbonyl (C=O) groups excluding carboxylic acids is 2. The SMILES string of the molecule is C[C@H]1CN(Cc2ccc(N(C)C(=O)C3CCN(Cc4ccc(F)c(F)c4)CC3)cc2)CCN1C(=O)OC(C)(C)C. The fraction of sp³-hybridized carbons (Fsp3) is 0.548. The molecular formula is C31H42F2N4O3. The van der Waals surface area contributed by atoms with E-state index in [0.717, 1.165) is 68.4 Å². The van der Waals surface area contributed by atoms with Crippen LogP contribution in [-0.2, 0) is 22.6 Å². The highest BCUT2D eigenvalue weighted by Crippen LogP contribution is 2.25. The molecule has 1 atom stereocenters. The molecule has 2 fully saturated rings. The van der Waals surface area contributed by atoms with Gasteiger partial charge in [0, 0.05) is 57.4 Å². The Morgan fingerprint density at radius 2 is 1.52 bits per heavy atom. The van der Waals surface area contributed by atoms with Gasteiger partial charge in [0.25, 0.3) is 0 Å². The molecule has 0 N–H and O–H groups in total. The van der Waals surface area contributed by atoms with E-state index in [0.29, 0.717) is 13.1 Å². The fourth-order valence-electron chi connectivity index (χ4n) is 5.49. The number of halogens is 2. The van der Waals surface area contributed by atoms with Crippen LogP contribution in [0.2, 0.25) is 0 Å². The Hall–Kier alpha value is -3.04. The van der Waals surface area contributed by atoms with Crippen molar-refractivity contribution in [2.75, 3.05) is 44.7 Å². The number of piperazine rings is 1. The van der Waals surface area contributed by atoms with Gasteiger partial charge in [0.2, 0.25) is 5.91 Å². The number of likely N-dealkylation sites (tertiary alicyclic amines) is 1. The Labute approximate surface area is 236 Å². The maximum absolute atomic E-state index is 13.5. The molecule has 0 unspecified atom stereocenters. The Bertz CT molecular complexity index is 1180. The van der Waals surface area contributed by atoms with E-state index in [9.17, 15) is 18.4 Å². The minimum absolute atomic E-state index is 0.0614. The number of rotatable bonds is 6. The summed E-state index contributed by atoms with van der Waals surface area (Å²) in [5.41, 5.74) is 2.25. The predicted molar refractivity (Wildman–Crippen MR) is 152 cm³/mol. The minimum atomic E-state index is -0.836. The lowest BCUT2D eigenvalue weighted by Crippen LogP contribution is -2.54. The third-order valence-electron chi connectivity index (χ3n) is 7.73. The van der Waals surface area contributed by atoms with Crippen molar-refractivity contribution in [1.29, 1.82) is 0 Å². The van der Waals surface area contributed by atoms with Crippen LogP contribution in [0.1, 0.15) is 51.7 Å². The predicted octanol–water partition coefficient (Wildman–Crippen LogP) is 5.28. The van der Waals surface area contributed by atoms with Gasteiger partial charge in [-0.05, 0) is 89.0 Å². The molecule has 9 heteroatoms. The van der Waals surface area contributed by atoms with E-state index >= 15 is 0 Å². The van der Waals surface area contributed by atoms with E-state index in [-0.39, 0.29) is 24.0 Å². The van der Waals surface area contributed by atoms with Crippen LogP contribution in [0.4, 0.5) is 19.3 Å². The van der Waals surface area contributed by atoms with E-state index in [4.69, 9.17) is 4.74 Å². The normalized spacial score (nSPS) is 19.5. The quantitative estimate of drug-likeness (QED) is 0.485. The average Bonchev–Trinajstić information content (AvgIpc) is 2.90. The van der Waals surface area contributed by atoms with E-state index < -0.39 is 17.2 Å². The smallest absolute Gasteiger partial charge is 0.410 e. The Morgan fingerprint density at radius 3 is 2.12 bits per heavy atom. The van der Waals surface area contributed by atoms with Gasteiger partial charge in [0.15, 0.2) is 11.6 Å². The molecule has 2 aromatic carbocycles. The standard InChI is InChI=1S/C31H42F2N4O3/c1-22-19-36(16-17-37(22)30(39)40-31(2,3)4)20-23-6-9-26(10-7-23)34(5)29(38)25-12-14-35(15-13-25)21-24-8-11-27(32)28(33)18-24/h6-11,18,22,25H,12-17,19-21H2,1-5H3/t22-/m0/s1. The molecule has 2 heterocycles. The van der Waals surface area contributed by atoms with Crippen molar-refractivity contribution in [3.63, 3.8) is 0 Å². The highest BCUT2D eigenvalue weighted by molar-refractivity contribution is 5.94. The van der Waals surface area contributed by atoms with Gasteiger partial charge in [0.05, 0.1) is 0 Å². The summed E-state index contributed by atoms with van der Waals surface area (Å²) in [7, 11) is 1.82. The number of carbonyl (C=O) groups is 2. The maximum Gasteiger partial charge on any atom is 0.410 e. The lowest BCUT2D eigenvalue weighted by atomic mass is 9.94. The Balaban J connectivity index is 1.24. The molecule has 40 heavy (non-hydrogen) atoms. The molecule has 0 aliphatic carbocycles. The second-order valence-electron chi connectivity index (χ2n) is 12.1. The van der Waals surface area contributed by atoms with Gasteiger partial charge >= 0.3 is 6.09 Å². The molecule has 2 saturated heterocycles. The molecule has 0 bridgehead atoms. The summed E-state index contributed by atoms with van der Waals surface area (Å²) in [5.74, 6) is -1.62. The molecule has 0 aromatic heterocycles. The van der Waals surface area contributed by atoms with Crippen molar-refractivity contribution in [3.8, 4) is 0 Å². The van der Waals surface area contributed by atoms with E-state index in [1.54, 1.807) is 15.9 Å². The van der Waals surface area contributed by atoms with E-state index in [1.165, 1.54) is 6.07 Å². The summed E-state index contributed by atoms with van der Waals surface area (Å²) in [6.07, 6.45) is 1.21. The van der Waals surface area contributed by atoms with Crippen LogP contribution in [0, 0.1) is 17.6 Å². The van der Waals surface area contributed by atoms with Crippen LogP contribution in [0.5, 0.6) is 0 Å². The van der Waals surface area contributed by atoms with Gasteiger partial charge in [-0.1, -0.05) is 18.2 Å². The van der Waals surface area contributed by atoms with Gasteiger partial charge in [-0.25, -0.2) is 13.6 Å². The number of amides is 2. The number of ether oxygens (including phenoxy) is 1. The number of benzene rings is 2. The summed E-state index contributed by atoms with van der Waals surface area (Å²) in [6, 6.07) is 12.2. The minimum Gasteiger partial charge on any atom is -0.444 e. The van der Waals surface area contributed by atoms with Crippen molar-refractivity contribution < 1.29 is 23.1 Å². The van der Waals surface area contributed by atoms with Gasteiger partial charge in [0.1, 0.15) is 5.60 Å². The zero-order valence-corrected chi connectivity index (χ0v) is 24.3. The summed E-state index contributed by atoms with van der Waals surface area (Å²) in [6.45, 7) is 12.7. The first-order valence-electron chi connectivity index (χ1n) is 14.1. The van der Waals surface area contributed by atoms with Crippen LogP contribution in [0.25, 0.3) is 0 Å². The largest absolute Gasteiger partial charge is 0.444 e. The molecule has 218 valence electrons. The molecular weight excluding hydrogens is 514 g/mol. The van der Waals surface area contributed by atoms with E-state index in [1.807, 2.05) is 46.9 Å². The first-order valence-corrected chi connectivity index (χ1v) is 14.1. The van der Waals surface area contributed by atoms with Crippen molar-refractivity contribution >= 4 is 17.7 Å². The molecule has 0 saturated carbocycles. The highest BCUT2D eigenvalue weighted by Gasteiger charge is 2.31. The number of piperidine rings is 1. The lowest BCUT2D eigenvalue weighted by Gasteiger charge is -2.40.